The number of aromatic nitrogens is 1. The van der Waals surface area contributed by atoms with Crippen molar-refractivity contribution in [2.24, 2.45) is 0 Å². The van der Waals surface area contributed by atoms with Crippen molar-refractivity contribution in [2.45, 2.75) is 26.5 Å². The predicted molar refractivity (Wildman–Crippen MR) is 106 cm³/mol. The molecule has 0 bridgehead atoms. The fraction of sp³-hybridized carbons (Fsp3) is 0.200. The molecule has 1 N–H and O–H groups in total. The highest BCUT2D eigenvalue weighted by Gasteiger charge is 2.16. The molecule has 1 atom stereocenters. The van der Waals surface area contributed by atoms with Gasteiger partial charge in [-0.2, -0.15) is 0 Å². The van der Waals surface area contributed by atoms with Gasteiger partial charge in [-0.1, -0.05) is 53.6 Å². The lowest BCUT2D eigenvalue weighted by molar-refractivity contribution is -0.127. The summed E-state index contributed by atoms with van der Waals surface area (Å²) in [5.41, 5.74) is 3.11. The number of rotatable bonds is 6. The van der Waals surface area contributed by atoms with Crippen molar-refractivity contribution in [3.05, 3.63) is 70.2 Å². The number of nitrogens with zero attached hydrogens (tertiary/aromatic N) is 1. The molecule has 0 aliphatic heterocycles. The fourth-order valence-corrected chi connectivity index (χ4v) is 3.33. The fourth-order valence-electron chi connectivity index (χ4n) is 2.32. The van der Waals surface area contributed by atoms with Gasteiger partial charge >= 0.3 is 0 Å². The zero-order valence-corrected chi connectivity index (χ0v) is 16.1. The highest BCUT2D eigenvalue weighted by molar-refractivity contribution is 7.13. The first-order chi connectivity index (χ1) is 12.5. The molecular weight excluding hydrogens is 368 g/mol. The maximum atomic E-state index is 12.2. The van der Waals surface area contributed by atoms with E-state index in [1.807, 2.05) is 17.5 Å². The first kappa shape index (κ1) is 18.4. The maximum Gasteiger partial charge on any atom is 0.261 e. The molecule has 3 rings (SSSR count). The average Bonchev–Trinajstić information content (AvgIpc) is 3.11. The molecule has 0 spiro atoms. The third-order valence-corrected chi connectivity index (χ3v) is 5.06. The molecule has 0 aliphatic rings. The van der Waals surface area contributed by atoms with Gasteiger partial charge in [0.05, 0.1) is 17.3 Å². The van der Waals surface area contributed by atoms with E-state index in [9.17, 15) is 4.79 Å². The lowest BCUT2D eigenvalue weighted by atomic mass is 10.2. The number of aryl methyl sites for hydroxylation is 1. The van der Waals surface area contributed by atoms with E-state index in [1.54, 1.807) is 30.4 Å². The second kappa shape index (κ2) is 8.34. The van der Waals surface area contributed by atoms with Crippen LogP contribution in [0.4, 0.5) is 0 Å². The molecule has 3 aromatic rings. The van der Waals surface area contributed by atoms with E-state index in [0.717, 1.165) is 16.3 Å². The molecule has 0 saturated heterocycles. The SMILES string of the molecule is Cc1ccc(-c2nc(CNC(=O)[C@H](C)Oc3ccccc3Cl)cs2)cc1. The van der Waals surface area contributed by atoms with Crippen LogP contribution < -0.4 is 10.1 Å². The summed E-state index contributed by atoms with van der Waals surface area (Å²) in [6.07, 6.45) is -0.648. The van der Waals surface area contributed by atoms with Crippen LogP contribution >= 0.6 is 22.9 Å². The molecule has 1 aromatic heterocycles. The number of benzene rings is 2. The molecule has 134 valence electrons. The van der Waals surface area contributed by atoms with Crippen LogP contribution in [0, 0.1) is 6.92 Å². The molecule has 26 heavy (non-hydrogen) atoms. The van der Waals surface area contributed by atoms with Gasteiger partial charge in [-0.05, 0) is 26.0 Å². The molecule has 2 aromatic carbocycles. The number of amides is 1. The van der Waals surface area contributed by atoms with Gasteiger partial charge in [-0.3, -0.25) is 4.79 Å². The number of halogens is 1. The van der Waals surface area contributed by atoms with Crippen molar-refractivity contribution in [2.75, 3.05) is 0 Å². The minimum absolute atomic E-state index is 0.213. The van der Waals surface area contributed by atoms with E-state index in [2.05, 4.69) is 41.5 Å². The van der Waals surface area contributed by atoms with Gasteiger partial charge in [0.2, 0.25) is 0 Å². The lowest BCUT2D eigenvalue weighted by Gasteiger charge is -2.15. The molecule has 0 aliphatic carbocycles. The topological polar surface area (TPSA) is 51.2 Å². The van der Waals surface area contributed by atoms with Crippen molar-refractivity contribution < 1.29 is 9.53 Å². The van der Waals surface area contributed by atoms with Gasteiger partial charge in [0.1, 0.15) is 10.8 Å². The number of hydrogen-bond donors (Lipinski definition) is 1. The zero-order valence-electron chi connectivity index (χ0n) is 14.5. The van der Waals surface area contributed by atoms with Crippen LogP contribution in [0.1, 0.15) is 18.2 Å². The summed E-state index contributed by atoms with van der Waals surface area (Å²) in [5.74, 6) is 0.280. The Bertz CT molecular complexity index is 893. The van der Waals surface area contributed by atoms with E-state index in [-0.39, 0.29) is 5.91 Å². The number of carbonyl (C=O) groups excluding carboxylic acids is 1. The molecule has 1 amide bonds. The lowest BCUT2D eigenvalue weighted by Crippen LogP contribution is -2.36. The molecule has 0 unspecified atom stereocenters. The summed E-state index contributed by atoms with van der Waals surface area (Å²) in [5, 5.41) is 6.22. The largest absolute Gasteiger partial charge is 0.479 e. The van der Waals surface area contributed by atoms with Crippen molar-refractivity contribution in [1.82, 2.24) is 10.3 Å². The molecule has 6 heteroatoms. The van der Waals surface area contributed by atoms with Gasteiger partial charge < -0.3 is 10.1 Å². The number of ether oxygens (including phenoxy) is 1. The second-order valence-corrected chi connectivity index (χ2v) is 7.18. The summed E-state index contributed by atoms with van der Waals surface area (Å²) in [7, 11) is 0. The van der Waals surface area contributed by atoms with E-state index in [4.69, 9.17) is 16.3 Å². The number of nitrogens with one attached hydrogen (secondary N) is 1. The number of para-hydroxylation sites is 1. The number of carbonyl (C=O) groups is 1. The number of hydrogen-bond acceptors (Lipinski definition) is 4. The van der Waals surface area contributed by atoms with Crippen LogP contribution in [-0.4, -0.2) is 17.0 Å². The first-order valence-corrected chi connectivity index (χ1v) is 9.49. The maximum absolute atomic E-state index is 12.2. The van der Waals surface area contributed by atoms with Crippen LogP contribution in [0.2, 0.25) is 5.02 Å². The van der Waals surface area contributed by atoms with E-state index in [1.165, 1.54) is 5.56 Å². The Morgan fingerprint density at radius 3 is 2.69 bits per heavy atom. The van der Waals surface area contributed by atoms with E-state index < -0.39 is 6.10 Å². The van der Waals surface area contributed by atoms with Gasteiger partial charge in [0.25, 0.3) is 5.91 Å². The van der Waals surface area contributed by atoms with Gasteiger partial charge in [-0.15, -0.1) is 11.3 Å². The average molecular weight is 387 g/mol. The highest BCUT2D eigenvalue weighted by atomic mass is 35.5. The Morgan fingerprint density at radius 1 is 1.23 bits per heavy atom. The van der Waals surface area contributed by atoms with Crippen LogP contribution in [0.25, 0.3) is 10.6 Å². The van der Waals surface area contributed by atoms with Crippen LogP contribution in [0.3, 0.4) is 0 Å². The van der Waals surface area contributed by atoms with Gasteiger partial charge in [0, 0.05) is 10.9 Å². The monoisotopic (exact) mass is 386 g/mol. The third kappa shape index (κ3) is 4.62. The summed E-state index contributed by atoms with van der Waals surface area (Å²) >= 11 is 7.61. The number of thiazole rings is 1. The molecule has 4 nitrogen and oxygen atoms in total. The van der Waals surface area contributed by atoms with Crippen LogP contribution in [-0.2, 0) is 11.3 Å². The summed E-state index contributed by atoms with van der Waals surface area (Å²) < 4.78 is 5.62. The normalized spacial score (nSPS) is 11.8. The predicted octanol–water partition coefficient (Wildman–Crippen LogP) is 4.86. The minimum atomic E-state index is -0.648. The van der Waals surface area contributed by atoms with Gasteiger partial charge in [0.15, 0.2) is 6.10 Å². The Morgan fingerprint density at radius 2 is 1.96 bits per heavy atom. The molecule has 0 saturated carbocycles. The quantitative estimate of drug-likeness (QED) is 0.658. The van der Waals surface area contributed by atoms with E-state index in [0.29, 0.717) is 17.3 Å². The summed E-state index contributed by atoms with van der Waals surface area (Å²) in [4.78, 5) is 16.8. The standard InChI is InChI=1S/C20H19ClN2O2S/c1-13-7-9-15(10-8-13)20-23-16(12-26-20)11-22-19(24)14(2)25-18-6-4-3-5-17(18)21/h3-10,12,14H,11H2,1-2H3,(H,22,24)/t14-/m0/s1. The van der Waals surface area contributed by atoms with Crippen LogP contribution in [0.5, 0.6) is 5.75 Å². The molecular formula is C20H19ClN2O2S. The van der Waals surface area contributed by atoms with Crippen molar-refractivity contribution >= 4 is 28.8 Å². The summed E-state index contributed by atoms with van der Waals surface area (Å²) in [6.45, 7) is 4.10. The Kier molecular flexibility index (Phi) is 5.91. The Balaban J connectivity index is 1.56. The Hall–Kier alpha value is -2.37. The zero-order chi connectivity index (χ0) is 18.5. The molecule has 0 fully saturated rings. The minimum Gasteiger partial charge on any atom is -0.479 e. The van der Waals surface area contributed by atoms with Gasteiger partial charge in [-0.25, -0.2) is 4.98 Å². The van der Waals surface area contributed by atoms with Crippen molar-refractivity contribution in [3.63, 3.8) is 0 Å². The molecule has 1 heterocycles. The second-order valence-electron chi connectivity index (χ2n) is 5.92. The smallest absolute Gasteiger partial charge is 0.261 e. The third-order valence-electron chi connectivity index (χ3n) is 3.80. The highest BCUT2D eigenvalue weighted by Crippen LogP contribution is 2.25. The van der Waals surface area contributed by atoms with Crippen molar-refractivity contribution in [3.8, 4) is 16.3 Å². The Labute approximate surface area is 161 Å². The van der Waals surface area contributed by atoms with E-state index >= 15 is 0 Å². The molecule has 0 radical (unpaired) electrons. The summed E-state index contributed by atoms with van der Waals surface area (Å²) in [6, 6.07) is 15.3. The first-order valence-electron chi connectivity index (χ1n) is 8.23. The van der Waals surface area contributed by atoms with Crippen molar-refractivity contribution in [1.29, 1.82) is 0 Å². The van der Waals surface area contributed by atoms with Crippen LogP contribution in [0.15, 0.2) is 53.9 Å².